The molecule has 0 bridgehead atoms. The average Bonchev–Trinajstić information content (AvgIpc) is 2.87. The van der Waals surface area contributed by atoms with Crippen LogP contribution in [0.5, 0.6) is 0 Å². The van der Waals surface area contributed by atoms with E-state index in [9.17, 15) is 5.11 Å². The molecule has 0 saturated carbocycles. The Kier molecular flexibility index (Phi) is 3.74. The fraction of sp³-hybridized carbons (Fsp3) is 0.417. The van der Waals surface area contributed by atoms with Gasteiger partial charge in [-0.1, -0.05) is 0 Å². The normalized spacial score (nSPS) is 12.9. The quantitative estimate of drug-likeness (QED) is 0.864. The van der Waals surface area contributed by atoms with Crippen molar-refractivity contribution >= 4 is 11.3 Å². The Hall–Kier alpha value is -1.13. The van der Waals surface area contributed by atoms with E-state index in [-0.39, 0.29) is 6.10 Å². The van der Waals surface area contributed by atoms with Crippen molar-refractivity contribution in [3.63, 3.8) is 0 Å². The van der Waals surface area contributed by atoms with Crippen LogP contribution in [0.4, 0.5) is 0 Å². The van der Waals surface area contributed by atoms with Crippen LogP contribution in [-0.4, -0.2) is 20.8 Å². The summed E-state index contributed by atoms with van der Waals surface area (Å²) in [4.78, 5) is 5.30. The van der Waals surface area contributed by atoms with E-state index in [1.165, 1.54) is 10.4 Å². The standard InChI is InChI=1S/C12H16N2OS/c1-10-6-12(16-8-10)3-2-11(15)7-14-5-4-13-9-14/h4-6,8-9,11,15H,2-3,7H2,1H3. The summed E-state index contributed by atoms with van der Waals surface area (Å²) >= 11 is 1.77. The van der Waals surface area contributed by atoms with Crippen molar-refractivity contribution in [3.05, 3.63) is 40.6 Å². The molecule has 0 saturated heterocycles. The van der Waals surface area contributed by atoms with Crippen molar-refractivity contribution < 1.29 is 5.11 Å². The number of imidazole rings is 1. The van der Waals surface area contributed by atoms with Crippen molar-refractivity contribution in [1.82, 2.24) is 9.55 Å². The van der Waals surface area contributed by atoms with Gasteiger partial charge in [-0.25, -0.2) is 4.98 Å². The third-order valence-corrected chi connectivity index (χ3v) is 3.60. The summed E-state index contributed by atoms with van der Waals surface area (Å²) in [6.07, 6.45) is 6.80. The molecule has 0 radical (unpaired) electrons. The Bertz CT molecular complexity index is 422. The molecule has 3 nitrogen and oxygen atoms in total. The van der Waals surface area contributed by atoms with Gasteiger partial charge in [0.2, 0.25) is 0 Å². The first-order chi connectivity index (χ1) is 7.74. The molecule has 2 rings (SSSR count). The van der Waals surface area contributed by atoms with E-state index in [1.54, 1.807) is 23.9 Å². The highest BCUT2D eigenvalue weighted by molar-refractivity contribution is 7.10. The topological polar surface area (TPSA) is 38.0 Å². The van der Waals surface area contributed by atoms with E-state index in [0.717, 1.165) is 12.8 Å². The molecule has 0 spiro atoms. The third kappa shape index (κ3) is 3.18. The second-order valence-corrected chi connectivity index (χ2v) is 5.04. The summed E-state index contributed by atoms with van der Waals surface area (Å²) in [5, 5.41) is 12.0. The average molecular weight is 236 g/mol. The van der Waals surface area contributed by atoms with Crippen molar-refractivity contribution in [1.29, 1.82) is 0 Å². The summed E-state index contributed by atoms with van der Waals surface area (Å²) in [7, 11) is 0. The highest BCUT2D eigenvalue weighted by Crippen LogP contribution is 2.16. The van der Waals surface area contributed by atoms with Gasteiger partial charge in [0, 0.05) is 23.8 Å². The van der Waals surface area contributed by atoms with Gasteiger partial charge >= 0.3 is 0 Å². The lowest BCUT2D eigenvalue weighted by Crippen LogP contribution is -2.15. The predicted octanol–water partition coefficient (Wildman–Crippen LogP) is 2.25. The van der Waals surface area contributed by atoms with Gasteiger partial charge in [0.15, 0.2) is 0 Å². The second kappa shape index (κ2) is 5.27. The molecule has 86 valence electrons. The molecule has 0 aromatic carbocycles. The van der Waals surface area contributed by atoms with Gasteiger partial charge in [0.25, 0.3) is 0 Å². The summed E-state index contributed by atoms with van der Waals surface area (Å²) in [6, 6.07) is 2.19. The largest absolute Gasteiger partial charge is 0.391 e. The Morgan fingerprint density at radius 1 is 1.56 bits per heavy atom. The number of aromatic nitrogens is 2. The van der Waals surface area contributed by atoms with Gasteiger partial charge in [-0.3, -0.25) is 0 Å². The maximum absolute atomic E-state index is 9.85. The zero-order chi connectivity index (χ0) is 11.4. The Morgan fingerprint density at radius 2 is 2.44 bits per heavy atom. The van der Waals surface area contributed by atoms with Gasteiger partial charge in [0.1, 0.15) is 0 Å². The highest BCUT2D eigenvalue weighted by Gasteiger charge is 2.06. The second-order valence-electron chi connectivity index (χ2n) is 4.04. The van der Waals surface area contributed by atoms with Crippen LogP contribution >= 0.6 is 11.3 Å². The fourth-order valence-corrected chi connectivity index (χ4v) is 2.55. The predicted molar refractivity (Wildman–Crippen MR) is 65.6 cm³/mol. The number of thiophene rings is 1. The highest BCUT2D eigenvalue weighted by atomic mass is 32.1. The number of aryl methyl sites for hydroxylation is 2. The van der Waals surface area contributed by atoms with Crippen molar-refractivity contribution in [2.75, 3.05) is 0 Å². The third-order valence-electron chi connectivity index (χ3n) is 2.49. The first-order valence-electron chi connectivity index (χ1n) is 5.42. The van der Waals surface area contributed by atoms with Gasteiger partial charge in [-0.15, -0.1) is 11.3 Å². The minimum atomic E-state index is -0.295. The van der Waals surface area contributed by atoms with E-state index in [0.29, 0.717) is 6.54 Å². The van der Waals surface area contributed by atoms with Crippen LogP contribution in [0.15, 0.2) is 30.2 Å². The van der Waals surface area contributed by atoms with Gasteiger partial charge in [-0.05, 0) is 36.8 Å². The van der Waals surface area contributed by atoms with E-state index in [4.69, 9.17) is 0 Å². The number of aliphatic hydroxyl groups is 1. The Balaban J connectivity index is 1.77. The summed E-state index contributed by atoms with van der Waals surface area (Å²) in [6.45, 7) is 2.73. The molecule has 1 N–H and O–H groups in total. The van der Waals surface area contributed by atoms with Crippen molar-refractivity contribution in [2.24, 2.45) is 0 Å². The van der Waals surface area contributed by atoms with Crippen LogP contribution in [0.2, 0.25) is 0 Å². The lowest BCUT2D eigenvalue weighted by molar-refractivity contribution is 0.145. The molecule has 0 aliphatic heterocycles. The van der Waals surface area contributed by atoms with Crippen LogP contribution in [0.25, 0.3) is 0 Å². The molecule has 0 aliphatic rings. The molecule has 2 aromatic rings. The molecule has 16 heavy (non-hydrogen) atoms. The first-order valence-corrected chi connectivity index (χ1v) is 6.30. The van der Waals surface area contributed by atoms with E-state index in [1.807, 2.05) is 10.8 Å². The zero-order valence-electron chi connectivity index (χ0n) is 9.34. The Labute approximate surface area is 99.4 Å². The molecular weight excluding hydrogens is 220 g/mol. The van der Waals surface area contributed by atoms with Crippen LogP contribution < -0.4 is 0 Å². The number of hydrogen-bond donors (Lipinski definition) is 1. The zero-order valence-corrected chi connectivity index (χ0v) is 10.2. The SMILES string of the molecule is Cc1csc(CCC(O)Cn2ccnc2)c1. The first kappa shape index (κ1) is 11.4. The van der Waals surface area contributed by atoms with Crippen molar-refractivity contribution in [2.45, 2.75) is 32.4 Å². The molecule has 2 aromatic heterocycles. The Morgan fingerprint density at radius 3 is 3.06 bits per heavy atom. The lowest BCUT2D eigenvalue weighted by atomic mass is 10.1. The molecule has 0 amide bonds. The number of hydrogen-bond acceptors (Lipinski definition) is 3. The van der Waals surface area contributed by atoms with E-state index >= 15 is 0 Å². The molecule has 1 unspecified atom stereocenters. The van der Waals surface area contributed by atoms with Crippen LogP contribution in [0, 0.1) is 6.92 Å². The van der Waals surface area contributed by atoms with Crippen LogP contribution in [0.3, 0.4) is 0 Å². The van der Waals surface area contributed by atoms with E-state index < -0.39 is 0 Å². The monoisotopic (exact) mass is 236 g/mol. The maximum Gasteiger partial charge on any atom is 0.0946 e. The van der Waals surface area contributed by atoms with Gasteiger partial charge in [0.05, 0.1) is 12.4 Å². The number of rotatable bonds is 5. The summed E-state index contributed by atoms with van der Waals surface area (Å²) in [5.74, 6) is 0. The fourth-order valence-electron chi connectivity index (χ4n) is 1.66. The summed E-state index contributed by atoms with van der Waals surface area (Å²) in [5.41, 5.74) is 1.31. The number of aliphatic hydroxyl groups excluding tert-OH is 1. The molecule has 4 heteroatoms. The minimum Gasteiger partial charge on any atom is -0.391 e. The summed E-state index contributed by atoms with van der Waals surface area (Å²) < 4.78 is 1.91. The number of nitrogens with zero attached hydrogens (tertiary/aromatic N) is 2. The molecular formula is C12H16N2OS. The minimum absolute atomic E-state index is 0.295. The van der Waals surface area contributed by atoms with Crippen molar-refractivity contribution in [3.8, 4) is 0 Å². The van der Waals surface area contributed by atoms with Crippen LogP contribution in [-0.2, 0) is 13.0 Å². The smallest absolute Gasteiger partial charge is 0.0946 e. The van der Waals surface area contributed by atoms with Gasteiger partial charge in [-0.2, -0.15) is 0 Å². The maximum atomic E-state index is 9.85. The molecule has 2 heterocycles. The van der Waals surface area contributed by atoms with Crippen LogP contribution in [0.1, 0.15) is 16.9 Å². The molecule has 1 atom stereocenters. The van der Waals surface area contributed by atoms with E-state index in [2.05, 4.69) is 23.4 Å². The van der Waals surface area contributed by atoms with Gasteiger partial charge < -0.3 is 9.67 Å². The molecule has 0 fully saturated rings. The molecule has 0 aliphatic carbocycles. The lowest BCUT2D eigenvalue weighted by Gasteiger charge is -2.10.